The van der Waals surface area contributed by atoms with E-state index in [9.17, 15) is 4.79 Å². The molecule has 1 amide bonds. The van der Waals surface area contributed by atoms with Crippen LogP contribution in [-0.4, -0.2) is 37.0 Å². The van der Waals surface area contributed by atoms with Crippen molar-refractivity contribution in [1.82, 2.24) is 10.2 Å². The minimum atomic E-state index is 0.241. The van der Waals surface area contributed by atoms with Crippen LogP contribution in [0.4, 0.5) is 0 Å². The molecule has 14 heavy (non-hydrogen) atoms. The maximum atomic E-state index is 11.0. The zero-order valence-corrected chi connectivity index (χ0v) is 8.80. The van der Waals surface area contributed by atoms with Crippen molar-refractivity contribution in [3.63, 3.8) is 0 Å². The standard InChI is InChI=1S/C11H20N2O/c14-11-7-10(8-12-11)9-13-5-3-1-2-4-6-13/h10H,1-9H2,(H,12,14)/t10-/m1/s1. The van der Waals surface area contributed by atoms with Crippen LogP contribution in [0.3, 0.4) is 0 Å². The summed E-state index contributed by atoms with van der Waals surface area (Å²) in [7, 11) is 0. The molecule has 0 bridgehead atoms. The second-order valence-electron chi connectivity index (χ2n) is 4.59. The SMILES string of the molecule is O=C1C[C@@H](CN2CCCCCC2)CN1. The number of hydrogen-bond donors (Lipinski definition) is 1. The van der Waals surface area contributed by atoms with Gasteiger partial charge < -0.3 is 10.2 Å². The molecular weight excluding hydrogens is 176 g/mol. The van der Waals surface area contributed by atoms with Crippen molar-refractivity contribution >= 4 is 5.91 Å². The van der Waals surface area contributed by atoms with Crippen LogP contribution >= 0.6 is 0 Å². The summed E-state index contributed by atoms with van der Waals surface area (Å²) in [5.74, 6) is 0.811. The molecule has 0 aromatic rings. The first-order valence-corrected chi connectivity index (χ1v) is 5.83. The highest BCUT2D eigenvalue weighted by atomic mass is 16.1. The van der Waals surface area contributed by atoms with E-state index >= 15 is 0 Å². The second kappa shape index (κ2) is 4.78. The van der Waals surface area contributed by atoms with Gasteiger partial charge in [0.1, 0.15) is 0 Å². The Labute approximate surface area is 85.8 Å². The van der Waals surface area contributed by atoms with Crippen LogP contribution in [0.1, 0.15) is 32.1 Å². The Hall–Kier alpha value is -0.570. The largest absolute Gasteiger partial charge is 0.356 e. The maximum absolute atomic E-state index is 11.0. The molecule has 2 heterocycles. The summed E-state index contributed by atoms with van der Waals surface area (Å²) in [6, 6.07) is 0. The van der Waals surface area contributed by atoms with E-state index in [2.05, 4.69) is 10.2 Å². The molecule has 0 unspecified atom stereocenters. The fraction of sp³-hybridized carbons (Fsp3) is 0.909. The Balaban J connectivity index is 1.75. The number of carbonyl (C=O) groups excluding carboxylic acids is 1. The molecule has 2 rings (SSSR count). The van der Waals surface area contributed by atoms with E-state index in [1.807, 2.05) is 0 Å². The summed E-state index contributed by atoms with van der Waals surface area (Å²) < 4.78 is 0. The van der Waals surface area contributed by atoms with E-state index in [1.165, 1.54) is 38.8 Å². The zero-order chi connectivity index (χ0) is 9.80. The fourth-order valence-electron chi connectivity index (χ4n) is 2.48. The van der Waals surface area contributed by atoms with Gasteiger partial charge in [0.25, 0.3) is 0 Å². The van der Waals surface area contributed by atoms with Crippen LogP contribution in [0.15, 0.2) is 0 Å². The fourth-order valence-corrected chi connectivity index (χ4v) is 2.48. The lowest BCUT2D eigenvalue weighted by molar-refractivity contribution is -0.119. The van der Waals surface area contributed by atoms with E-state index in [0.717, 1.165) is 19.5 Å². The minimum Gasteiger partial charge on any atom is -0.356 e. The summed E-state index contributed by atoms with van der Waals surface area (Å²) in [6.45, 7) is 4.50. The number of hydrogen-bond acceptors (Lipinski definition) is 2. The summed E-state index contributed by atoms with van der Waals surface area (Å²) >= 11 is 0. The van der Waals surface area contributed by atoms with Gasteiger partial charge in [-0.25, -0.2) is 0 Å². The van der Waals surface area contributed by atoms with Gasteiger partial charge in [-0.1, -0.05) is 12.8 Å². The van der Waals surface area contributed by atoms with Crippen molar-refractivity contribution in [2.24, 2.45) is 5.92 Å². The van der Waals surface area contributed by atoms with Crippen molar-refractivity contribution in [3.05, 3.63) is 0 Å². The molecule has 0 saturated carbocycles. The molecule has 0 aromatic heterocycles. The van der Waals surface area contributed by atoms with Crippen molar-refractivity contribution in [3.8, 4) is 0 Å². The minimum absolute atomic E-state index is 0.241. The molecule has 2 aliphatic heterocycles. The Morgan fingerprint density at radius 3 is 2.50 bits per heavy atom. The first-order chi connectivity index (χ1) is 6.84. The highest BCUT2D eigenvalue weighted by Gasteiger charge is 2.23. The second-order valence-corrected chi connectivity index (χ2v) is 4.59. The number of nitrogens with one attached hydrogen (secondary N) is 1. The average Bonchev–Trinajstić information content (AvgIpc) is 2.43. The molecule has 3 heteroatoms. The molecule has 0 aromatic carbocycles. The number of amides is 1. The van der Waals surface area contributed by atoms with E-state index in [4.69, 9.17) is 0 Å². The third kappa shape index (κ3) is 2.71. The first-order valence-electron chi connectivity index (χ1n) is 5.83. The molecule has 2 aliphatic rings. The quantitative estimate of drug-likeness (QED) is 0.714. The van der Waals surface area contributed by atoms with Crippen LogP contribution in [0, 0.1) is 5.92 Å². The van der Waals surface area contributed by atoms with Gasteiger partial charge in [0.05, 0.1) is 0 Å². The van der Waals surface area contributed by atoms with Crippen molar-refractivity contribution in [1.29, 1.82) is 0 Å². The summed E-state index contributed by atoms with van der Waals surface area (Å²) in [5.41, 5.74) is 0. The zero-order valence-electron chi connectivity index (χ0n) is 8.80. The number of nitrogens with zero attached hydrogens (tertiary/aromatic N) is 1. The summed E-state index contributed by atoms with van der Waals surface area (Å²) in [5, 5.41) is 2.91. The molecular formula is C11H20N2O. The lowest BCUT2D eigenvalue weighted by atomic mass is 10.1. The lowest BCUT2D eigenvalue weighted by Crippen LogP contribution is -2.31. The third-order valence-corrected chi connectivity index (χ3v) is 3.28. The van der Waals surface area contributed by atoms with Crippen LogP contribution in [0.5, 0.6) is 0 Å². The maximum Gasteiger partial charge on any atom is 0.220 e. The monoisotopic (exact) mass is 196 g/mol. The third-order valence-electron chi connectivity index (χ3n) is 3.28. The molecule has 1 atom stereocenters. The van der Waals surface area contributed by atoms with Gasteiger partial charge in [0, 0.05) is 19.5 Å². The van der Waals surface area contributed by atoms with Gasteiger partial charge >= 0.3 is 0 Å². The van der Waals surface area contributed by atoms with E-state index < -0.39 is 0 Å². The van der Waals surface area contributed by atoms with Gasteiger partial charge in [-0.3, -0.25) is 4.79 Å². The van der Waals surface area contributed by atoms with Crippen LogP contribution in [0.25, 0.3) is 0 Å². The molecule has 2 saturated heterocycles. The predicted octanol–water partition coefficient (Wildman–Crippen LogP) is 0.998. The molecule has 2 fully saturated rings. The number of rotatable bonds is 2. The molecule has 0 radical (unpaired) electrons. The molecule has 0 spiro atoms. The molecule has 3 nitrogen and oxygen atoms in total. The van der Waals surface area contributed by atoms with Crippen LogP contribution in [-0.2, 0) is 4.79 Å². The highest BCUT2D eigenvalue weighted by Crippen LogP contribution is 2.15. The molecule has 80 valence electrons. The number of carbonyl (C=O) groups is 1. The van der Waals surface area contributed by atoms with Gasteiger partial charge in [0.15, 0.2) is 0 Å². The smallest absolute Gasteiger partial charge is 0.220 e. The predicted molar refractivity (Wildman–Crippen MR) is 56.0 cm³/mol. The molecule has 0 aliphatic carbocycles. The van der Waals surface area contributed by atoms with Gasteiger partial charge in [-0.15, -0.1) is 0 Å². The lowest BCUT2D eigenvalue weighted by Gasteiger charge is -2.22. The Kier molecular flexibility index (Phi) is 3.40. The van der Waals surface area contributed by atoms with Crippen molar-refractivity contribution in [2.75, 3.05) is 26.2 Å². The van der Waals surface area contributed by atoms with Crippen molar-refractivity contribution in [2.45, 2.75) is 32.1 Å². The van der Waals surface area contributed by atoms with Crippen LogP contribution < -0.4 is 5.32 Å². The van der Waals surface area contributed by atoms with E-state index in [0.29, 0.717) is 5.92 Å². The topological polar surface area (TPSA) is 32.3 Å². The Morgan fingerprint density at radius 2 is 1.93 bits per heavy atom. The Morgan fingerprint density at radius 1 is 1.21 bits per heavy atom. The molecule has 1 N–H and O–H groups in total. The van der Waals surface area contributed by atoms with Gasteiger partial charge in [-0.2, -0.15) is 0 Å². The van der Waals surface area contributed by atoms with E-state index in [1.54, 1.807) is 0 Å². The highest BCUT2D eigenvalue weighted by molar-refractivity contribution is 5.78. The normalized spacial score (nSPS) is 30.0. The first kappa shape index (κ1) is 9.97. The number of likely N-dealkylation sites (tertiary alicyclic amines) is 1. The summed E-state index contributed by atoms with van der Waals surface area (Å²) in [4.78, 5) is 13.6. The van der Waals surface area contributed by atoms with Gasteiger partial charge in [-0.05, 0) is 31.8 Å². The summed E-state index contributed by atoms with van der Waals surface area (Å²) in [6.07, 6.45) is 6.20. The van der Waals surface area contributed by atoms with Gasteiger partial charge in [0.2, 0.25) is 5.91 Å². The van der Waals surface area contributed by atoms with Crippen LogP contribution in [0.2, 0.25) is 0 Å². The Bertz CT molecular complexity index is 197. The average molecular weight is 196 g/mol. The van der Waals surface area contributed by atoms with Crippen molar-refractivity contribution < 1.29 is 4.79 Å². The van der Waals surface area contributed by atoms with E-state index in [-0.39, 0.29) is 5.91 Å².